The zero-order valence-corrected chi connectivity index (χ0v) is 14.2. The number of nitrogens with zero attached hydrogens (tertiary/aromatic N) is 1. The molecule has 0 fully saturated rings. The summed E-state index contributed by atoms with van der Waals surface area (Å²) in [5.74, 6) is -0.0681. The number of rotatable bonds is 6. The number of hydrogen-bond acceptors (Lipinski definition) is 5. The second kappa shape index (κ2) is 7.51. The molecule has 0 radical (unpaired) electrons. The lowest BCUT2D eigenvalue weighted by Gasteiger charge is -2.12. The summed E-state index contributed by atoms with van der Waals surface area (Å²) in [5.41, 5.74) is 14.3. The summed E-state index contributed by atoms with van der Waals surface area (Å²) in [6.45, 7) is 0. The zero-order valence-electron chi connectivity index (χ0n) is 14.2. The van der Waals surface area contributed by atoms with Gasteiger partial charge < -0.3 is 21.4 Å². The summed E-state index contributed by atoms with van der Waals surface area (Å²) in [6, 6.07) is 12.7. The van der Waals surface area contributed by atoms with Crippen LogP contribution in [0.5, 0.6) is 5.75 Å². The minimum absolute atomic E-state index is 0.168. The number of nitrogens with two attached hydrogens (primary N) is 2. The Balaban J connectivity index is 1.89. The number of phenolic OH excluding ortho intramolecular Hbond substituents is 1. The van der Waals surface area contributed by atoms with Gasteiger partial charge in [-0.1, -0.05) is 30.3 Å². The molecule has 0 aliphatic carbocycles. The topological polar surface area (TPSA) is 111 Å². The van der Waals surface area contributed by atoms with Crippen molar-refractivity contribution in [2.45, 2.75) is 24.9 Å². The molecule has 3 aromatic rings. The van der Waals surface area contributed by atoms with Crippen molar-refractivity contribution in [3.05, 3.63) is 65.9 Å². The quantitative estimate of drug-likeness (QED) is 0.585. The zero-order chi connectivity index (χ0) is 18.7. The molecule has 26 heavy (non-hydrogen) atoms. The third kappa shape index (κ3) is 3.66. The Kier molecular flexibility index (Phi) is 5.16. The third-order valence-corrected chi connectivity index (χ3v) is 4.37. The van der Waals surface area contributed by atoms with E-state index in [4.69, 9.17) is 11.5 Å². The molecule has 6 heteroatoms. The summed E-state index contributed by atoms with van der Waals surface area (Å²) in [7, 11) is 0. The van der Waals surface area contributed by atoms with Crippen LogP contribution < -0.4 is 11.5 Å². The van der Waals surface area contributed by atoms with Gasteiger partial charge in [-0.15, -0.1) is 0 Å². The molecule has 2 atom stereocenters. The maximum Gasteiger partial charge on any atom is 0.248 e. The lowest BCUT2D eigenvalue weighted by atomic mass is 10.1. The molecule has 0 aliphatic heterocycles. The molecule has 3 rings (SSSR count). The molecular formula is C20H21N3O3. The van der Waals surface area contributed by atoms with Gasteiger partial charge in [-0.05, 0) is 42.2 Å². The van der Waals surface area contributed by atoms with Crippen molar-refractivity contribution in [1.82, 2.24) is 4.57 Å². The highest BCUT2D eigenvalue weighted by Crippen LogP contribution is 2.23. The summed E-state index contributed by atoms with van der Waals surface area (Å²) in [6.07, 6.45) is 3.13. The molecular weight excluding hydrogens is 330 g/mol. The van der Waals surface area contributed by atoms with Gasteiger partial charge in [-0.2, -0.15) is 0 Å². The van der Waals surface area contributed by atoms with Crippen LogP contribution in [0.2, 0.25) is 0 Å². The van der Waals surface area contributed by atoms with Crippen molar-refractivity contribution < 1.29 is 14.7 Å². The van der Waals surface area contributed by atoms with Gasteiger partial charge in [0.25, 0.3) is 0 Å². The van der Waals surface area contributed by atoms with Crippen molar-refractivity contribution in [2.75, 3.05) is 0 Å². The van der Waals surface area contributed by atoms with Crippen molar-refractivity contribution >= 4 is 23.1 Å². The molecule has 1 aromatic heterocycles. The first kappa shape index (κ1) is 17.8. The molecule has 1 heterocycles. The summed E-state index contributed by atoms with van der Waals surface area (Å²) in [5, 5.41) is 10.2. The van der Waals surface area contributed by atoms with Gasteiger partial charge in [-0.3, -0.25) is 9.36 Å². The maximum atomic E-state index is 12.9. The highest BCUT2D eigenvalue weighted by atomic mass is 16.3. The third-order valence-electron chi connectivity index (χ3n) is 4.37. The highest BCUT2D eigenvalue weighted by Gasteiger charge is 2.20. The summed E-state index contributed by atoms with van der Waals surface area (Å²) in [4.78, 5) is 23.8. The monoisotopic (exact) mass is 351 g/mol. The van der Waals surface area contributed by atoms with Gasteiger partial charge in [-0.25, -0.2) is 0 Å². The Morgan fingerprint density at radius 3 is 2.46 bits per heavy atom. The van der Waals surface area contributed by atoms with Crippen molar-refractivity contribution in [2.24, 2.45) is 11.5 Å². The van der Waals surface area contributed by atoms with E-state index < -0.39 is 12.1 Å². The maximum absolute atomic E-state index is 12.9. The molecule has 0 aliphatic rings. The fourth-order valence-electron chi connectivity index (χ4n) is 3.05. The van der Waals surface area contributed by atoms with E-state index in [9.17, 15) is 14.7 Å². The van der Waals surface area contributed by atoms with Crippen LogP contribution in [-0.4, -0.2) is 34.0 Å². The highest BCUT2D eigenvalue weighted by molar-refractivity contribution is 5.96. The van der Waals surface area contributed by atoms with Crippen LogP contribution in [0.15, 0.2) is 54.7 Å². The average Bonchev–Trinajstić information content (AvgIpc) is 3.01. The lowest BCUT2D eigenvalue weighted by Crippen LogP contribution is -2.36. The van der Waals surface area contributed by atoms with Crippen LogP contribution in [-0.2, 0) is 17.6 Å². The van der Waals surface area contributed by atoms with Crippen molar-refractivity contribution in [3.63, 3.8) is 0 Å². The second-order valence-corrected chi connectivity index (χ2v) is 6.36. The normalized spacial score (nSPS) is 13.5. The van der Waals surface area contributed by atoms with Crippen LogP contribution >= 0.6 is 0 Å². The Bertz CT molecular complexity index is 931. The minimum Gasteiger partial charge on any atom is -0.508 e. The first-order valence-electron chi connectivity index (χ1n) is 8.37. The van der Waals surface area contributed by atoms with Crippen LogP contribution in [0.4, 0.5) is 0 Å². The predicted molar refractivity (Wildman–Crippen MR) is 100 cm³/mol. The first-order chi connectivity index (χ1) is 12.5. The standard InChI is InChI=1S/C20H21N3O3/c21-15(12-24)10-14-11-23(19-4-2-1-3-17(14)19)20(26)18(22)9-13-5-7-16(25)8-6-13/h1-8,11-12,15,18,25H,9-10,21-22H2/t15-,18+/m1/s1. The van der Waals surface area contributed by atoms with E-state index in [-0.39, 0.29) is 11.7 Å². The van der Waals surface area contributed by atoms with E-state index >= 15 is 0 Å². The number of aldehydes is 1. The number of fused-ring (bicyclic) bond motifs is 1. The van der Waals surface area contributed by atoms with Crippen LogP contribution in [0.3, 0.4) is 0 Å². The van der Waals surface area contributed by atoms with Gasteiger partial charge in [0.05, 0.1) is 17.6 Å². The molecule has 134 valence electrons. The Morgan fingerprint density at radius 2 is 1.77 bits per heavy atom. The van der Waals surface area contributed by atoms with Gasteiger partial charge in [0.1, 0.15) is 12.0 Å². The second-order valence-electron chi connectivity index (χ2n) is 6.36. The molecule has 0 saturated carbocycles. The van der Waals surface area contributed by atoms with E-state index in [0.717, 1.165) is 22.0 Å². The average molecular weight is 351 g/mol. The van der Waals surface area contributed by atoms with Gasteiger partial charge >= 0.3 is 0 Å². The Morgan fingerprint density at radius 1 is 1.08 bits per heavy atom. The molecule has 0 saturated heterocycles. The van der Waals surface area contributed by atoms with E-state index in [2.05, 4.69) is 0 Å². The SMILES string of the molecule is N[C@@H](C=O)Cc1cn(C(=O)[C@@H](N)Cc2ccc(O)cc2)c2ccccc12. The molecule has 6 nitrogen and oxygen atoms in total. The molecule has 0 bridgehead atoms. The van der Waals surface area contributed by atoms with E-state index in [1.807, 2.05) is 24.3 Å². The number of benzene rings is 2. The van der Waals surface area contributed by atoms with Gasteiger partial charge in [0.2, 0.25) is 5.91 Å². The molecule has 5 N–H and O–H groups in total. The molecule has 2 aromatic carbocycles. The summed E-state index contributed by atoms with van der Waals surface area (Å²) < 4.78 is 1.53. The van der Waals surface area contributed by atoms with Gasteiger partial charge in [0, 0.05) is 11.6 Å². The number of aromatic nitrogens is 1. The largest absolute Gasteiger partial charge is 0.508 e. The van der Waals surface area contributed by atoms with Gasteiger partial charge in [0.15, 0.2) is 0 Å². The fraction of sp³-hybridized carbons (Fsp3) is 0.200. The van der Waals surface area contributed by atoms with Crippen LogP contribution in [0, 0.1) is 0 Å². The van der Waals surface area contributed by atoms with Crippen LogP contribution in [0.1, 0.15) is 15.9 Å². The molecule has 0 spiro atoms. The summed E-state index contributed by atoms with van der Waals surface area (Å²) >= 11 is 0. The predicted octanol–water partition coefficient (Wildman–Crippen LogP) is 1.63. The lowest BCUT2D eigenvalue weighted by molar-refractivity contribution is -0.108. The van der Waals surface area contributed by atoms with Crippen molar-refractivity contribution in [3.8, 4) is 5.75 Å². The Labute approximate surface area is 151 Å². The smallest absolute Gasteiger partial charge is 0.248 e. The van der Waals surface area contributed by atoms with Crippen LogP contribution in [0.25, 0.3) is 10.9 Å². The number of phenols is 1. The van der Waals surface area contributed by atoms with E-state index in [1.165, 1.54) is 4.57 Å². The number of carbonyl (C=O) groups excluding carboxylic acids is 2. The molecule has 0 amide bonds. The number of hydrogen-bond donors (Lipinski definition) is 3. The van der Waals surface area contributed by atoms with Crippen molar-refractivity contribution in [1.29, 1.82) is 0 Å². The number of para-hydroxylation sites is 1. The van der Waals surface area contributed by atoms with E-state index in [0.29, 0.717) is 19.1 Å². The number of carbonyl (C=O) groups is 2. The van der Waals surface area contributed by atoms with E-state index in [1.54, 1.807) is 30.5 Å². The molecule has 0 unspecified atom stereocenters. The minimum atomic E-state index is -0.733. The number of aromatic hydroxyl groups is 1. The first-order valence-corrected chi connectivity index (χ1v) is 8.37. The fourth-order valence-corrected chi connectivity index (χ4v) is 3.05. The Hall–Kier alpha value is -2.96.